The van der Waals surface area contributed by atoms with Gasteiger partial charge in [0.2, 0.25) is 5.91 Å². The second-order valence-electron chi connectivity index (χ2n) is 4.82. The van der Waals surface area contributed by atoms with Gasteiger partial charge in [0.15, 0.2) is 0 Å². The molecule has 0 saturated carbocycles. The van der Waals surface area contributed by atoms with Gasteiger partial charge in [-0.3, -0.25) is 4.79 Å². The summed E-state index contributed by atoms with van der Waals surface area (Å²) < 4.78 is 0. The summed E-state index contributed by atoms with van der Waals surface area (Å²) in [5, 5.41) is 2.77. The number of fused-ring (bicyclic) bond motifs is 1. The van der Waals surface area contributed by atoms with Gasteiger partial charge in [-0.25, -0.2) is 0 Å². The second kappa shape index (κ2) is 5.17. The highest BCUT2D eigenvalue weighted by Crippen LogP contribution is 2.30. The van der Waals surface area contributed by atoms with E-state index in [1.165, 1.54) is 23.6 Å². The van der Waals surface area contributed by atoms with Crippen LogP contribution in [0.3, 0.4) is 0 Å². The van der Waals surface area contributed by atoms with Gasteiger partial charge in [0, 0.05) is 12.6 Å². The van der Waals surface area contributed by atoms with E-state index in [2.05, 4.69) is 41.7 Å². The Kier molecular flexibility index (Phi) is 3.21. The van der Waals surface area contributed by atoms with Crippen molar-refractivity contribution in [3.63, 3.8) is 0 Å². The summed E-state index contributed by atoms with van der Waals surface area (Å²) in [7, 11) is 0. The highest BCUT2D eigenvalue weighted by atomic mass is 16.1. The predicted molar refractivity (Wildman–Crippen MR) is 84.1 cm³/mol. The standard InChI is InChI=1S/C18H15NO/c1-13(20)19-17-10-6-14(7-11-17)12-16-9-8-15-4-2-3-5-18(15)16/h2-12H,1H3,(H,19,20)/b16-12-. The Morgan fingerprint density at radius 1 is 1.00 bits per heavy atom. The lowest BCUT2D eigenvalue weighted by Crippen LogP contribution is -2.05. The predicted octanol–water partition coefficient (Wildman–Crippen LogP) is 4.21. The molecule has 0 saturated heterocycles. The van der Waals surface area contributed by atoms with Crippen molar-refractivity contribution in [1.82, 2.24) is 0 Å². The monoisotopic (exact) mass is 261 g/mol. The molecule has 1 aliphatic carbocycles. The minimum absolute atomic E-state index is 0.0521. The molecule has 2 aromatic rings. The molecule has 1 amide bonds. The molecule has 0 aromatic heterocycles. The van der Waals surface area contributed by atoms with Crippen molar-refractivity contribution in [2.24, 2.45) is 0 Å². The molecule has 0 spiro atoms. The lowest BCUT2D eigenvalue weighted by atomic mass is 10.0. The van der Waals surface area contributed by atoms with Crippen LogP contribution >= 0.6 is 0 Å². The smallest absolute Gasteiger partial charge is 0.221 e. The maximum atomic E-state index is 11.0. The van der Waals surface area contributed by atoms with Crippen molar-refractivity contribution in [2.45, 2.75) is 6.92 Å². The average molecular weight is 261 g/mol. The van der Waals surface area contributed by atoms with Crippen LogP contribution in [0, 0.1) is 0 Å². The van der Waals surface area contributed by atoms with E-state index in [1.54, 1.807) is 0 Å². The molecule has 1 aliphatic rings. The summed E-state index contributed by atoms with van der Waals surface area (Å²) in [6, 6.07) is 16.2. The quantitative estimate of drug-likeness (QED) is 0.862. The second-order valence-corrected chi connectivity index (χ2v) is 4.82. The first-order valence-electron chi connectivity index (χ1n) is 6.59. The lowest BCUT2D eigenvalue weighted by molar-refractivity contribution is -0.114. The van der Waals surface area contributed by atoms with E-state index in [-0.39, 0.29) is 5.91 Å². The summed E-state index contributed by atoms with van der Waals surface area (Å²) in [4.78, 5) is 11.0. The molecule has 2 nitrogen and oxygen atoms in total. The average Bonchev–Trinajstić information content (AvgIpc) is 2.84. The molecule has 0 atom stereocenters. The third-order valence-corrected chi connectivity index (χ3v) is 3.27. The van der Waals surface area contributed by atoms with Crippen LogP contribution in [0.25, 0.3) is 17.7 Å². The number of amides is 1. The summed E-state index contributed by atoms with van der Waals surface area (Å²) in [6.07, 6.45) is 6.42. The van der Waals surface area contributed by atoms with Crippen molar-refractivity contribution in [1.29, 1.82) is 0 Å². The van der Waals surface area contributed by atoms with E-state index < -0.39 is 0 Å². The van der Waals surface area contributed by atoms with E-state index in [1.807, 2.05) is 30.3 Å². The highest BCUT2D eigenvalue weighted by Gasteiger charge is 2.08. The molecule has 0 unspecified atom stereocenters. The first-order chi connectivity index (χ1) is 9.72. The summed E-state index contributed by atoms with van der Waals surface area (Å²) in [5.74, 6) is -0.0521. The fourth-order valence-electron chi connectivity index (χ4n) is 2.35. The van der Waals surface area contributed by atoms with Crippen LogP contribution in [0.1, 0.15) is 23.6 Å². The number of carbonyl (C=O) groups excluding carboxylic acids is 1. The lowest BCUT2D eigenvalue weighted by Gasteiger charge is -2.04. The fraction of sp³-hybridized carbons (Fsp3) is 0.0556. The molecule has 0 aliphatic heterocycles. The molecular formula is C18H15NO. The van der Waals surface area contributed by atoms with Crippen molar-refractivity contribution in [3.05, 3.63) is 71.3 Å². The normalized spacial score (nSPS) is 14.3. The molecule has 20 heavy (non-hydrogen) atoms. The van der Waals surface area contributed by atoms with Crippen LogP contribution in [0.2, 0.25) is 0 Å². The maximum absolute atomic E-state index is 11.0. The van der Waals surface area contributed by atoms with Crippen LogP contribution in [-0.2, 0) is 4.79 Å². The molecule has 0 radical (unpaired) electrons. The van der Waals surface area contributed by atoms with Crippen molar-refractivity contribution >= 4 is 29.3 Å². The molecule has 1 N–H and O–H groups in total. The van der Waals surface area contributed by atoms with E-state index in [0.717, 1.165) is 11.3 Å². The number of allylic oxidation sites excluding steroid dienone is 2. The topological polar surface area (TPSA) is 29.1 Å². The molecule has 0 heterocycles. The zero-order chi connectivity index (χ0) is 13.9. The number of carbonyl (C=O) groups is 1. The van der Waals surface area contributed by atoms with Crippen molar-refractivity contribution < 1.29 is 4.79 Å². The SMILES string of the molecule is CC(=O)Nc1ccc(/C=C2/C=Cc3ccccc32)cc1. The van der Waals surface area contributed by atoms with Gasteiger partial charge in [-0.05, 0) is 40.5 Å². The molecule has 2 heteroatoms. The molecule has 0 bridgehead atoms. The fourth-order valence-corrected chi connectivity index (χ4v) is 2.35. The van der Waals surface area contributed by atoms with Crippen molar-refractivity contribution in [3.8, 4) is 0 Å². The van der Waals surface area contributed by atoms with Crippen LogP contribution in [0.15, 0.2) is 54.6 Å². The first kappa shape index (κ1) is 12.4. The van der Waals surface area contributed by atoms with Crippen LogP contribution in [0.4, 0.5) is 5.69 Å². The Bertz CT molecular complexity index is 708. The Hall–Kier alpha value is -2.61. The van der Waals surface area contributed by atoms with Crippen LogP contribution in [-0.4, -0.2) is 5.91 Å². The van der Waals surface area contributed by atoms with Gasteiger partial charge in [0.25, 0.3) is 0 Å². The Labute approximate surface area is 118 Å². The first-order valence-corrected chi connectivity index (χ1v) is 6.59. The molecular weight excluding hydrogens is 246 g/mol. The minimum atomic E-state index is -0.0521. The molecule has 2 aromatic carbocycles. The number of rotatable bonds is 2. The number of nitrogens with one attached hydrogen (secondary N) is 1. The van der Waals surface area contributed by atoms with E-state index in [4.69, 9.17) is 0 Å². The third-order valence-electron chi connectivity index (χ3n) is 3.27. The third kappa shape index (κ3) is 2.54. The Morgan fingerprint density at radius 2 is 1.75 bits per heavy atom. The minimum Gasteiger partial charge on any atom is -0.326 e. The van der Waals surface area contributed by atoms with Crippen LogP contribution < -0.4 is 5.32 Å². The van der Waals surface area contributed by atoms with Crippen LogP contribution in [0.5, 0.6) is 0 Å². The van der Waals surface area contributed by atoms with E-state index >= 15 is 0 Å². The van der Waals surface area contributed by atoms with Gasteiger partial charge in [-0.1, -0.05) is 48.6 Å². The van der Waals surface area contributed by atoms with E-state index in [0.29, 0.717) is 0 Å². The molecule has 98 valence electrons. The highest BCUT2D eigenvalue weighted by molar-refractivity contribution is 5.97. The molecule has 3 rings (SSSR count). The van der Waals surface area contributed by atoms with Gasteiger partial charge >= 0.3 is 0 Å². The maximum Gasteiger partial charge on any atom is 0.221 e. The number of hydrogen-bond acceptors (Lipinski definition) is 1. The summed E-state index contributed by atoms with van der Waals surface area (Å²) in [6.45, 7) is 1.51. The summed E-state index contributed by atoms with van der Waals surface area (Å²) in [5.41, 5.74) is 5.68. The summed E-state index contributed by atoms with van der Waals surface area (Å²) >= 11 is 0. The van der Waals surface area contributed by atoms with Gasteiger partial charge in [-0.15, -0.1) is 0 Å². The number of benzene rings is 2. The largest absolute Gasteiger partial charge is 0.326 e. The van der Waals surface area contributed by atoms with Gasteiger partial charge < -0.3 is 5.32 Å². The Balaban J connectivity index is 1.87. The number of hydrogen-bond donors (Lipinski definition) is 1. The van der Waals surface area contributed by atoms with Crippen molar-refractivity contribution in [2.75, 3.05) is 5.32 Å². The zero-order valence-electron chi connectivity index (χ0n) is 11.3. The number of anilines is 1. The van der Waals surface area contributed by atoms with E-state index in [9.17, 15) is 4.79 Å². The Morgan fingerprint density at radius 3 is 2.50 bits per heavy atom. The van der Waals surface area contributed by atoms with Gasteiger partial charge in [0.05, 0.1) is 0 Å². The zero-order valence-corrected chi connectivity index (χ0v) is 11.3. The van der Waals surface area contributed by atoms with Gasteiger partial charge in [-0.2, -0.15) is 0 Å². The molecule has 0 fully saturated rings. The van der Waals surface area contributed by atoms with Gasteiger partial charge in [0.1, 0.15) is 0 Å².